The van der Waals surface area contributed by atoms with Crippen LogP contribution in [-0.4, -0.2) is 27.9 Å². The summed E-state index contributed by atoms with van der Waals surface area (Å²) in [4.78, 5) is 22.5. The van der Waals surface area contributed by atoms with Crippen molar-refractivity contribution in [3.63, 3.8) is 0 Å². The Morgan fingerprint density at radius 1 is 1.32 bits per heavy atom. The zero-order valence-electron chi connectivity index (χ0n) is 10.7. The van der Waals surface area contributed by atoms with E-state index in [0.29, 0.717) is 0 Å². The minimum absolute atomic E-state index is 0.0507. The number of carboxylic acid groups (broad SMARTS) is 1. The van der Waals surface area contributed by atoms with Gasteiger partial charge in [0.25, 0.3) is 0 Å². The number of aromatic hydroxyl groups is 1. The van der Waals surface area contributed by atoms with Crippen molar-refractivity contribution in [1.29, 1.82) is 0 Å². The lowest BCUT2D eigenvalue weighted by Crippen LogP contribution is -2.27. The van der Waals surface area contributed by atoms with Crippen molar-refractivity contribution >= 4 is 33.7 Å². The molecule has 1 aromatic rings. The monoisotopic (exact) mass is 331 g/mol. The average molecular weight is 332 g/mol. The van der Waals surface area contributed by atoms with Crippen molar-refractivity contribution < 1.29 is 24.5 Å². The molecule has 0 bridgehead atoms. The molecule has 0 heterocycles. The van der Waals surface area contributed by atoms with Crippen LogP contribution in [0.1, 0.15) is 31.1 Å². The second kappa shape index (κ2) is 5.48. The lowest BCUT2D eigenvalue weighted by Gasteiger charge is -2.19. The van der Waals surface area contributed by atoms with Gasteiger partial charge in [0.2, 0.25) is 0 Å². The van der Waals surface area contributed by atoms with Gasteiger partial charge in [-0.25, -0.2) is 9.59 Å². The molecule has 0 saturated carbocycles. The van der Waals surface area contributed by atoms with Crippen molar-refractivity contribution in [1.82, 2.24) is 0 Å². The van der Waals surface area contributed by atoms with Crippen molar-refractivity contribution in [2.75, 3.05) is 5.32 Å². The molecule has 0 aliphatic rings. The highest BCUT2D eigenvalue weighted by molar-refractivity contribution is 9.10. The quantitative estimate of drug-likeness (QED) is 0.773. The fourth-order valence-corrected chi connectivity index (χ4v) is 1.66. The molecule has 19 heavy (non-hydrogen) atoms. The van der Waals surface area contributed by atoms with Crippen molar-refractivity contribution in [3.8, 4) is 5.75 Å². The Hall–Kier alpha value is -1.76. The van der Waals surface area contributed by atoms with Gasteiger partial charge in [-0.1, -0.05) is 0 Å². The first-order valence-corrected chi connectivity index (χ1v) is 6.15. The molecule has 0 saturated heterocycles. The van der Waals surface area contributed by atoms with Gasteiger partial charge in [-0.3, -0.25) is 5.32 Å². The Kier molecular flexibility index (Phi) is 4.41. The normalized spacial score (nSPS) is 10.9. The average Bonchev–Trinajstić information content (AvgIpc) is 2.19. The number of nitrogens with one attached hydrogen (secondary N) is 1. The third kappa shape index (κ3) is 4.44. The highest BCUT2D eigenvalue weighted by Gasteiger charge is 2.18. The first kappa shape index (κ1) is 15.3. The van der Waals surface area contributed by atoms with Crippen LogP contribution in [0.2, 0.25) is 0 Å². The summed E-state index contributed by atoms with van der Waals surface area (Å²) in [6, 6.07) is 2.44. The fraction of sp³-hybridized carbons (Fsp3) is 0.333. The summed E-state index contributed by atoms with van der Waals surface area (Å²) in [5, 5.41) is 20.9. The van der Waals surface area contributed by atoms with Crippen LogP contribution in [0, 0.1) is 0 Å². The Bertz CT molecular complexity index is 522. The van der Waals surface area contributed by atoms with E-state index in [4.69, 9.17) is 9.84 Å². The van der Waals surface area contributed by atoms with Crippen molar-refractivity contribution in [3.05, 3.63) is 22.2 Å². The third-order valence-electron chi connectivity index (χ3n) is 1.93. The van der Waals surface area contributed by atoms with Gasteiger partial charge in [-0.15, -0.1) is 0 Å². The van der Waals surface area contributed by atoms with Crippen LogP contribution in [0.5, 0.6) is 5.75 Å². The molecule has 3 N–H and O–H groups in total. The van der Waals surface area contributed by atoms with E-state index in [-0.39, 0.29) is 21.5 Å². The predicted molar refractivity (Wildman–Crippen MR) is 72.6 cm³/mol. The van der Waals surface area contributed by atoms with Gasteiger partial charge in [-0.2, -0.15) is 0 Å². The lowest BCUT2D eigenvalue weighted by atomic mass is 10.2. The predicted octanol–water partition coefficient (Wildman–Crippen LogP) is 3.20. The largest absolute Gasteiger partial charge is 0.507 e. The van der Waals surface area contributed by atoms with E-state index in [1.54, 1.807) is 20.8 Å². The number of carbonyl (C=O) groups is 2. The molecule has 7 heteroatoms. The van der Waals surface area contributed by atoms with Gasteiger partial charge in [0.1, 0.15) is 11.4 Å². The van der Waals surface area contributed by atoms with E-state index in [1.165, 1.54) is 12.1 Å². The maximum atomic E-state index is 11.5. The number of hydrogen-bond donors (Lipinski definition) is 3. The molecule has 0 radical (unpaired) electrons. The standard InChI is InChI=1S/C12H14BrNO5/c1-12(2,3)19-11(18)14-6-4-7(10(16)17)9(13)8(15)5-6/h4-5,15H,1-3H3,(H,14,18)(H,16,17). The molecule has 1 amide bonds. The Labute approximate surface area is 118 Å². The van der Waals surface area contributed by atoms with E-state index in [0.717, 1.165) is 0 Å². The first-order valence-electron chi connectivity index (χ1n) is 5.36. The van der Waals surface area contributed by atoms with Gasteiger partial charge >= 0.3 is 12.1 Å². The van der Waals surface area contributed by atoms with Crippen LogP contribution in [-0.2, 0) is 4.74 Å². The van der Waals surface area contributed by atoms with E-state index < -0.39 is 17.7 Å². The molecular weight excluding hydrogens is 318 g/mol. The second-order valence-corrected chi connectivity index (χ2v) is 5.58. The Morgan fingerprint density at radius 2 is 1.89 bits per heavy atom. The summed E-state index contributed by atoms with van der Waals surface area (Å²) in [5.41, 5.74) is -0.699. The van der Waals surface area contributed by atoms with E-state index >= 15 is 0 Å². The Morgan fingerprint density at radius 3 is 2.37 bits per heavy atom. The van der Waals surface area contributed by atoms with Crippen molar-refractivity contribution in [2.24, 2.45) is 0 Å². The van der Waals surface area contributed by atoms with Crippen LogP contribution in [0.3, 0.4) is 0 Å². The molecule has 1 rings (SSSR count). The van der Waals surface area contributed by atoms with Gasteiger partial charge < -0.3 is 14.9 Å². The molecular formula is C12H14BrNO5. The van der Waals surface area contributed by atoms with Crippen LogP contribution in [0.15, 0.2) is 16.6 Å². The highest BCUT2D eigenvalue weighted by Crippen LogP contribution is 2.31. The van der Waals surface area contributed by atoms with Crippen LogP contribution < -0.4 is 5.32 Å². The topological polar surface area (TPSA) is 95.9 Å². The third-order valence-corrected chi connectivity index (χ3v) is 2.76. The number of ether oxygens (including phenoxy) is 1. The lowest BCUT2D eigenvalue weighted by molar-refractivity contribution is 0.0632. The molecule has 0 aliphatic carbocycles. The molecule has 1 aromatic carbocycles. The number of phenolic OH excluding ortho intramolecular Hbond substituents is 1. The van der Waals surface area contributed by atoms with Crippen LogP contribution in [0.4, 0.5) is 10.5 Å². The number of anilines is 1. The second-order valence-electron chi connectivity index (χ2n) is 4.79. The minimum atomic E-state index is -1.23. The highest BCUT2D eigenvalue weighted by atomic mass is 79.9. The molecule has 0 fully saturated rings. The van der Waals surface area contributed by atoms with Gasteiger partial charge in [0.15, 0.2) is 0 Å². The number of benzene rings is 1. The van der Waals surface area contributed by atoms with E-state index in [2.05, 4.69) is 21.2 Å². The number of phenols is 1. The first-order chi connectivity index (χ1) is 8.60. The van der Waals surface area contributed by atoms with Crippen LogP contribution >= 0.6 is 15.9 Å². The van der Waals surface area contributed by atoms with E-state index in [9.17, 15) is 14.7 Å². The molecule has 0 unspecified atom stereocenters. The number of aromatic carboxylic acids is 1. The molecule has 0 aliphatic heterocycles. The molecule has 0 aromatic heterocycles. The summed E-state index contributed by atoms with van der Waals surface area (Å²) in [6.07, 6.45) is -0.731. The number of amides is 1. The molecule has 6 nitrogen and oxygen atoms in total. The number of halogens is 1. The smallest absolute Gasteiger partial charge is 0.412 e. The molecule has 0 spiro atoms. The van der Waals surface area contributed by atoms with Gasteiger partial charge in [-0.05, 0) is 42.8 Å². The minimum Gasteiger partial charge on any atom is -0.507 e. The molecule has 104 valence electrons. The van der Waals surface area contributed by atoms with Gasteiger partial charge in [0, 0.05) is 11.8 Å². The number of carbonyl (C=O) groups excluding carboxylic acids is 1. The Balaban J connectivity index is 2.97. The maximum absolute atomic E-state index is 11.5. The number of hydrogen-bond acceptors (Lipinski definition) is 4. The van der Waals surface area contributed by atoms with Crippen LogP contribution in [0.25, 0.3) is 0 Å². The number of carboxylic acids is 1. The SMILES string of the molecule is CC(C)(C)OC(=O)Nc1cc(O)c(Br)c(C(=O)O)c1. The van der Waals surface area contributed by atoms with E-state index in [1.807, 2.05) is 0 Å². The summed E-state index contributed by atoms with van der Waals surface area (Å²) in [5.74, 6) is -1.51. The summed E-state index contributed by atoms with van der Waals surface area (Å²) in [6.45, 7) is 5.11. The van der Waals surface area contributed by atoms with Gasteiger partial charge in [0.05, 0.1) is 10.0 Å². The summed E-state index contributed by atoms with van der Waals surface area (Å²) in [7, 11) is 0. The number of rotatable bonds is 2. The zero-order valence-corrected chi connectivity index (χ0v) is 12.2. The molecule has 0 atom stereocenters. The van der Waals surface area contributed by atoms with Crippen molar-refractivity contribution in [2.45, 2.75) is 26.4 Å². The zero-order chi connectivity index (χ0) is 14.8. The maximum Gasteiger partial charge on any atom is 0.412 e. The summed E-state index contributed by atoms with van der Waals surface area (Å²) < 4.78 is 5.07. The summed E-state index contributed by atoms with van der Waals surface area (Å²) >= 11 is 2.96. The fourth-order valence-electron chi connectivity index (χ4n) is 1.26.